The lowest BCUT2D eigenvalue weighted by molar-refractivity contribution is 0.672. The molecule has 0 saturated carbocycles. The number of benzene rings is 1. The van der Waals surface area contributed by atoms with Gasteiger partial charge in [-0.15, -0.1) is 0 Å². The third-order valence-corrected chi connectivity index (χ3v) is 3.52. The highest BCUT2D eigenvalue weighted by Crippen LogP contribution is 2.21. The van der Waals surface area contributed by atoms with Crippen LogP contribution in [0.2, 0.25) is 0 Å². The highest BCUT2D eigenvalue weighted by atomic mass is 15.3. The lowest BCUT2D eigenvalue weighted by Gasteiger charge is -2.09. The zero-order valence-electron chi connectivity index (χ0n) is 11.3. The van der Waals surface area contributed by atoms with E-state index in [1.807, 2.05) is 18.7 Å². The quantitative estimate of drug-likeness (QED) is 0.779. The van der Waals surface area contributed by atoms with Gasteiger partial charge in [0.1, 0.15) is 0 Å². The van der Waals surface area contributed by atoms with Gasteiger partial charge in [-0.05, 0) is 30.0 Å². The zero-order chi connectivity index (χ0) is 13.4. The first-order valence-electron chi connectivity index (χ1n) is 6.45. The maximum absolute atomic E-state index is 5.84. The van der Waals surface area contributed by atoms with Crippen molar-refractivity contribution in [2.45, 2.75) is 20.0 Å². The van der Waals surface area contributed by atoms with Gasteiger partial charge in [-0.25, -0.2) is 0 Å². The molecule has 3 rings (SSSR count). The lowest BCUT2D eigenvalue weighted by atomic mass is 10.1. The maximum atomic E-state index is 5.84. The minimum absolute atomic E-state index is 0.561. The molecule has 4 heteroatoms. The number of hydrogen-bond donors (Lipinski definition) is 1. The number of hydrogen-bond acceptors (Lipinski definition) is 2. The third kappa shape index (κ3) is 2.04. The van der Waals surface area contributed by atoms with Gasteiger partial charge in [-0.2, -0.15) is 5.10 Å². The molecule has 2 N–H and O–H groups in total. The topological polar surface area (TPSA) is 48.8 Å². The number of nitrogens with two attached hydrogens (primary N) is 1. The minimum Gasteiger partial charge on any atom is -0.341 e. The molecule has 0 bridgehead atoms. The molecule has 0 radical (unpaired) electrons. The Morgan fingerprint density at radius 1 is 1.26 bits per heavy atom. The maximum Gasteiger partial charge on any atom is 0.0645 e. The fraction of sp³-hybridized carbons (Fsp3) is 0.267. The number of aromatic nitrogens is 3. The molecule has 1 aromatic carbocycles. The van der Waals surface area contributed by atoms with Gasteiger partial charge in [-0.1, -0.05) is 18.2 Å². The van der Waals surface area contributed by atoms with Crippen LogP contribution in [0.5, 0.6) is 0 Å². The summed E-state index contributed by atoms with van der Waals surface area (Å²) in [6.07, 6.45) is 2.12. The second-order valence-electron chi connectivity index (χ2n) is 4.90. The standard InChI is InChI=1S/C15H18N4/c1-11-8-14(18(2)17-11)10-19-7-6-12-4-3-5-13(9-16)15(12)19/h3-8H,9-10,16H2,1-2H3. The van der Waals surface area contributed by atoms with Crippen LogP contribution in [0.1, 0.15) is 17.0 Å². The van der Waals surface area contributed by atoms with Crippen molar-refractivity contribution in [1.82, 2.24) is 14.3 Å². The SMILES string of the molecule is Cc1cc(Cn2ccc3cccc(CN)c32)n(C)n1. The number of aryl methyl sites for hydroxylation is 2. The Kier molecular flexibility index (Phi) is 2.87. The minimum atomic E-state index is 0.561. The Bertz CT molecular complexity index is 721. The largest absolute Gasteiger partial charge is 0.341 e. The van der Waals surface area contributed by atoms with Crippen LogP contribution in [0.4, 0.5) is 0 Å². The van der Waals surface area contributed by atoms with E-state index in [2.05, 4.69) is 46.2 Å². The van der Waals surface area contributed by atoms with Gasteiger partial charge in [0, 0.05) is 19.8 Å². The van der Waals surface area contributed by atoms with E-state index in [0.717, 1.165) is 12.2 Å². The molecule has 0 unspecified atom stereocenters. The molecule has 0 aliphatic heterocycles. The van der Waals surface area contributed by atoms with Crippen molar-refractivity contribution < 1.29 is 0 Å². The van der Waals surface area contributed by atoms with Crippen molar-refractivity contribution in [1.29, 1.82) is 0 Å². The molecular weight excluding hydrogens is 236 g/mol. The third-order valence-electron chi connectivity index (χ3n) is 3.52. The predicted molar refractivity (Wildman–Crippen MR) is 76.9 cm³/mol. The number of para-hydroxylation sites is 1. The number of rotatable bonds is 3. The van der Waals surface area contributed by atoms with Crippen LogP contribution in [0.3, 0.4) is 0 Å². The summed E-state index contributed by atoms with van der Waals surface area (Å²) in [5.41, 5.74) is 10.5. The van der Waals surface area contributed by atoms with Crippen LogP contribution in [-0.2, 0) is 20.1 Å². The summed E-state index contributed by atoms with van der Waals surface area (Å²) >= 11 is 0. The van der Waals surface area contributed by atoms with Crippen LogP contribution < -0.4 is 5.73 Å². The second-order valence-corrected chi connectivity index (χ2v) is 4.90. The molecule has 0 atom stereocenters. The second kappa shape index (κ2) is 4.55. The lowest BCUT2D eigenvalue weighted by Crippen LogP contribution is -2.06. The van der Waals surface area contributed by atoms with Gasteiger partial charge >= 0.3 is 0 Å². The predicted octanol–water partition coefficient (Wildman–Crippen LogP) is 2.19. The molecule has 98 valence electrons. The van der Waals surface area contributed by atoms with Crippen LogP contribution >= 0.6 is 0 Å². The average Bonchev–Trinajstić information content (AvgIpc) is 2.94. The molecule has 3 aromatic rings. The smallest absolute Gasteiger partial charge is 0.0645 e. The van der Waals surface area contributed by atoms with Crippen molar-refractivity contribution in [2.75, 3.05) is 0 Å². The van der Waals surface area contributed by atoms with Gasteiger partial charge in [-0.3, -0.25) is 4.68 Å². The van der Waals surface area contributed by atoms with Crippen LogP contribution in [0, 0.1) is 6.92 Å². The highest BCUT2D eigenvalue weighted by Gasteiger charge is 2.08. The zero-order valence-corrected chi connectivity index (χ0v) is 11.3. The summed E-state index contributed by atoms with van der Waals surface area (Å²) in [5, 5.41) is 5.63. The van der Waals surface area contributed by atoms with Crippen molar-refractivity contribution in [3.63, 3.8) is 0 Å². The normalized spacial score (nSPS) is 11.3. The molecule has 19 heavy (non-hydrogen) atoms. The molecular formula is C15H18N4. The van der Waals surface area contributed by atoms with Gasteiger partial charge in [0.2, 0.25) is 0 Å². The highest BCUT2D eigenvalue weighted by molar-refractivity contribution is 5.83. The summed E-state index contributed by atoms with van der Waals surface area (Å²) in [6.45, 7) is 3.40. The Morgan fingerprint density at radius 2 is 2.11 bits per heavy atom. The first kappa shape index (κ1) is 12.0. The van der Waals surface area contributed by atoms with Crippen molar-refractivity contribution in [2.24, 2.45) is 12.8 Å². The van der Waals surface area contributed by atoms with E-state index in [4.69, 9.17) is 5.73 Å². The Hall–Kier alpha value is -2.07. The average molecular weight is 254 g/mol. The molecule has 0 saturated heterocycles. The fourth-order valence-electron chi connectivity index (χ4n) is 2.62. The van der Waals surface area contributed by atoms with Gasteiger partial charge in [0.25, 0.3) is 0 Å². The van der Waals surface area contributed by atoms with Gasteiger partial charge in [0.15, 0.2) is 0 Å². The molecule has 0 amide bonds. The first-order valence-corrected chi connectivity index (χ1v) is 6.45. The van der Waals surface area contributed by atoms with E-state index in [1.165, 1.54) is 22.2 Å². The van der Waals surface area contributed by atoms with Crippen LogP contribution in [-0.4, -0.2) is 14.3 Å². The van der Waals surface area contributed by atoms with Crippen LogP contribution in [0.15, 0.2) is 36.5 Å². The van der Waals surface area contributed by atoms with Crippen molar-refractivity contribution in [3.05, 3.63) is 53.5 Å². The molecule has 0 spiro atoms. The van der Waals surface area contributed by atoms with E-state index >= 15 is 0 Å². The monoisotopic (exact) mass is 254 g/mol. The van der Waals surface area contributed by atoms with Crippen LogP contribution in [0.25, 0.3) is 10.9 Å². The summed E-state index contributed by atoms with van der Waals surface area (Å²) in [6, 6.07) is 10.5. The fourth-order valence-corrected chi connectivity index (χ4v) is 2.62. The van der Waals surface area contributed by atoms with E-state index in [0.29, 0.717) is 6.54 Å². The molecule has 0 aliphatic carbocycles. The van der Waals surface area contributed by atoms with E-state index in [9.17, 15) is 0 Å². The van der Waals surface area contributed by atoms with Gasteiger partial charge < -0.3 is 10.3 Å². The molecule has 2 heterocycles. The number of nitrogens with zero attached hydrogens (tertiary/aromatic N) is 3. The summed E-state index contributed by atoms with van der Waals surface area (Å²) in [7, 11) is 1.98. The van der Waals surface area contributed by atoms with Crippen molar-refractivity contribution >= 4 is 10.9 Å². The molecule has 0 fully saturated rings. The van der Waals surface area contributed by atoms with E-state index < -0.39 is 0 Å². The Balaban J connectivity index is 2.08. The number of fused-ring (bicyclic) bond motifs is 1. The van der Waals surface area contributed by atoms with Crippen molar-refractivity contribution in [3.8, 4) is 0 Å². The summed E-state index contributed by atoms with van der Waals surface area (Å²) in [5.74, 6) is 0. The summed E-state index contributed by atoms with van der Waals surface area (Å²) in [4.78, 5) is 0. The Morgan fingerprint density at radius 3 is 2.79 bits per heavy atom. The Labute approximate surface area is 112 Å². The summed E-state index contributed by atoms with van der Waals surface area (Å²) < 4.78 is 4.18. The molecule has 0 aliphatic rings. The molecule has 4 nitrogen and oxygen atoms in total. The van der Waals surface area contributed by atoms with Gasteiger partial charge in [0.05, 0.1) is 23.4 Å². The van der Waals surface area contributed by atoms with E-state index in [-0.39, 0.29) is 0 Å². The first-order chi connectivity index (χ1) is 9.19. The molecule has 2 aromatic heterocycles. The van der Waals surface area contributed by atoms with E-state index in [1.54, 1.807) is 0 Å².